The van der Waals surface area contributed by atoms with Gasteiger partial charge >= 0.3 is 0 Å². The lowest BCUT2D eigenvalue weighted by atomic mass is 10.2. The number of aromatic nitrogens is 1. The number of amides is 1. The fourth-order valence-corrected chi connectivity index (χ4v) is 6.49. The number of para-hydroxylation sites is 2. The predicted molar refractivity (Wildman–Crippen MR) is 141 cm³/mol. The Morgan fingerprint density at radius 3 is 2.26 bits per heavy atom. The number of piperazine rings is 1. The lowest BCUT2D eigenvalue weighted by Gasteiger charge is -2.34. The van der Waals surface area contributed by atoms with E-state index in [1.165, 1.54) is 33.7 Å². The molecule has 1 aliphatic heterocycles. The number of nitrogens with zero attached hydrogens (tertiary/aromatic N) is 4. The summed E-state index contributed by atoms with van der Waals surface area (Å²) in [4.78, 5) is 22.1. The van der Waals surface area contributed by atoms with E-state index in [9.17, 15) is 13.2 Å². The van der Waals surface area contributed by atoms with Gasteiger partial charge < -0.3 is 9.80 Å². The van der Waals surface area contributed by atoms with E-state index in [2.05, 4.69) is 24.0 Å². The zero-order chi connectivity index (χ0) is 24.6. The molecule has 4 aromatic rings. The molecule has 1 fully saturated rings. The second kappa shape index (κ2) is 9.31. The number of rotatable bonds is 5. The van der Waals surface area contributed by atoms with Crippen molar-refractivity contribution in [2.75, 3.05) is 42.4 Å². The van der Waals surface area contributed by atoms with Gasteiger partial charge in [-0.25, -0.2) is 13.4 Å². The fourth-order valence-electron chi connectivity index (χ4n) is 4.20. The van der Waals surface area contributed by atoms with Gasteiger partial charge in [0.15, 0.2) is 5.13 Å². The van der Waals surface area contributed by atoms with Crippen molar-refractivity contribution in [2.24, 2.45) is 0 Å². The Hall–Kier alpha value is -3.43. The fraction of sp³-hybridized carbons (Fsp3) is 0.231. The van der Waals surface area contributed by atoms with Crippen molar-refractivity contribution in [2.45, 2.75) is 11.8 Å². The minimum atomic E-state index is -3.72. The summed E-state index contributed by atoms with van der Waals surface area (Å²) in [5.41, 5.74) is 3.27. The number of fused-ring (bicyclic) bond motifs is 1. The minimum Gasteiger partial charge on any atom is -0.345 e. The van der Waals surface area contributed by atoms with Crippen LogP contribution in [0.25, 0.3) is 10.2 Å². The molecule has 3 aromatic carbocycles. The molecule has 35 heavy (non-hydrogen) atoms. The van der Waals surface area contributed by atoms with Gasteiger partial charge in [-0.3, -0.25) is 9.10 Å². The number of carbonyl (C=O) groups is 1. The molecule has 5 rings (SSSR count). The van der Waals surface area contributed by atoms with Crippen LogP contribution in [-0.2, 0) is 10.0 Å². The van der Waals surface area contributed by atoms with Gasteiger partial charge in [0, 0.05) is 38.8 Å². The van der Waals surface area contributed by atoms with Crippen LogP contribution < -0.4 is 9.21 Å². The Kier molecular flexibility index (Phi) is 6.21. The second-order valence-electron chi connectivity index (χ2n) is 8.53. The van der Waals surface area contributed by atoms with Crippen LogP contribution in [-0.4, -0.2) is 57.4 Å². The van der Waals surface area contributed by atoms with Crippen molar-refractivity contribution < 1.29 is 13.2 Å². The highest BCUT2D eigenvalue weighted by Gasteiger charge is 2.26. The van der Waals surface area contributed by atoms with E-state index < -0.39 is 10.0 Å². The summed E-state index contributed by atoms with van der Waals surface area (Å²) in [6, 6.07) is 21.3. The van der Waals surface area contributed by atoms with Gasteiger partial charge in [-0.1, -0.05) is 41.7 Å². The van der Waals surface area contributed by atoms with Crippen LogP contribution in [0.15, 0.2) is 77.7 Å². The smallest absolute Gasteiger partial charge is 0.264 e. The summed E-state index contributed by atoms with van der Waals surface area (Å²) in [7, 11) is -2.19. The molecule has 0 unspecified atom stereocenters. The van der Waals surface area contributed by atoms with Crippen molar-refractivity contribution in [3.8, 4) is 0 Å². The maximum absolute atomic E-state index is 13.1. The maximum atomic E-state index is 13.1. The van der Waals surface area contributed by atoms with Crippen molar-refractivity contribution in [3.05, 3.63) is 83.9 Å². The molecule has 1 aliphatic rings. The third-order valence-electron chi connectivity index (χ3n) is 6.33. The molecule has 1 aromatic heterocycles. The first kappa shape index (κ1) is 23.3. The van der Waals surface area contributed by atoms with E-state index in [0.717, 1.165) is 10.6 Å². The number of carbonyl (C=O) groups excluding carboxylic acids is 1. The Morgan fingerprint density at radius 2 is 1.60 bits per heavy atom. The van der Waals surface area contributed by atoms with Crippen LogP contribution in [0.5, 0.6) is 0 Å². The largest absolute Gasteiger partial charge is 0.345 e. The molecule has 180 valence electrons. The van der Waals surface area contributed by atoms with E-state index in [1.54, 1.807) is 47.7 Å². The molecule has 1 saturated heterocycles. The molecular formula is C26H26N4O3S2. The van der Waals surface area contributed by atoms with E-state index in [-0.39, 0.29) is 10.8 Å². The monoisotopic (exact) mass is 506 g/mol. The molecule has 7 nitrogen and oxygen atoms in total. The molecule has 0 N–H and O–H groups in total. The molecule has 1 amide bonds. The summed E-state index contributed by atoms with van der Waals surface area (Å²) in [6.45, 7) is 4.66. The normalized spacial score (nSPS) is 14.3. The average molecular weight is 507 g/mol. The lowest BCUT2D eigenvalue weighted by molar-refractivity contribution is 0.0746. The number of aryl methyl sites for hydroxylation is 1. The van der Waals surface area contributed by atoms with Gasteiger partial charge in [-0.2, -0.15) is 0 Å². The Labute approximate surface area is 209 Å². The van der Waals surface area contributed by atoms with Crippen LogP contribution in [0, 0.1) is 6.92 Å². The maximum Gasteiger partial charge on any atom is 0.264 e. The average Bonchev–Trinajstić information content (AvgIpc) is 3.34. The molecular weight excluding hydrogens is 480 g/mol. The van der Waals surface area contributed by atoms with E-state index >= 15 is 0 Å². The Balaban J connectivity index is 1.25. The summed E-state index contributed by atoms with van der Waals surface area (Å²) in [5, 5.41) is 0.985. The zero-order valence-electron chi connectivity index (χ0n) is 19.6. The van der Waals surface area contributed by atoms with Crippen LogP contribution >= 0.6 is 11.3 Å². The van der Waals surface area contributed by atoms with Crippen molar-refractivity contribution in [3.63, 3.8) is 0 Å². The second-order valence-corrected chi connectivity index (χ2v) is 11.5. The van der Waals surface area contributed by atoms with Gasteiger partial charge in [0.2, 0.25) is 0 Å². The van der Waals surface area contributed by atoms with Gasteiger partial charge in [-0.15, -0.1) is 0 Å². The summed E-state index contributed by atoms with van der Waals surface area (Å²) >= 11 is 1.68. The van der Waals surface area contributed by atoms with Crippen LogP contribution in [0.2, 0.25) is 0 Å². The molecule has 2 heterocycles. The van der Waals surface area contributed by atoms with Gasteiger partial charge in [-0.05, 0) is 55.0 Å². The minimum absolute atomic E-state index is 0.0924. The van der Waals surface area contributed by atoms with Crippen LogP contribution in [0.4, 0.5) is 10.8 Å². The first-order valence-corrected chi connectivity index (χ1v) is 13.6. The molecule has 9 heteroatoms. The molecule has 0 bridgehead atoms. The number of benzene rings is 3. The Bertz CT molecular complexity index is 1460. The molecule has 0 saturated carbocycles. The molecule has 0 aliphatic carbocycles. The highest BCUT2D eigenvalue weighted by atomic mass is 32.2. The highest BCUT2D eigenvalue weighted by Crippen LogP contribution is 2.31. The van der Waals surface area contributed by atoms with E-state index in [4.69, 9.17) is 4.98 Å². The number of sulfonamides is 1. The van der Waals surface area contributed by atoms with E-state index in [0.29, 0.717) is 37.4 Å². The number of hydrogen-bond donors (Lipinski definition) is 0. The first-order chi connectivity index (χ1) is 16.8. The van der Waals surface area contributed by atoms with E-state index in [1.807, 2.05) is 17.0 Å². The van der Waals surface area contributed by atoms with Gasteiger partial charge in [0.25, 0.3) is 15.9 Å². The quantitative estimate of drug-likeness (QED) is 0.401. The summed E-state index contributed by atoms with van der Waals surface area (Å²) in [5.74, 6) is -0.0924. The molecule has 0 radical (unpaired) electrons. The summed E-state index contributed by atoms with van der Waals surface area (Å²) < 4.78 is 28.4. The third kappa shape index (κ3) is 4.49. The zero-order valence-corrected chi connectivity index (χ0v) is 21.2. The van der Waals surface area contributed by atoms with Crippen molar-refractivity contribution >= 4 is 48.3 Å². The van der Waals surface area contributed by atoms with Crippen LogP contribution in [0.1, 0.15) is 15.9 Å². The lowest BCUT2D eigenvalue weighted by Crippen LogP contribution is -2.48. The first-order valence-electron chi connectivity index (χ1n) is 11.4. The summed E-state index contributed by atoms with van der Waals surface area (Å²) in [6.07, 6.45) is 0. The van der Waals surface area contributed by atoms with Crippen LogP contribution in [0.3, 0.4) is 0 Å². The highest BCUT2D eigenvalue weighted by molar-refractivity contribution is 7.92. The van der Waals surface area contributed by atoms with Crippen molar-refractivity contribution in [1.29, 1.82) is 0 Å². The third-order valence-corrected chi connectivity index (χ3v) is 9.21. The van der Waals surface area contributed by atoms with Gasteiger partial charge in [0.05, 0.1) is 20.8 Å². The van der Waals surface area contributed by atoms with Gasteiger partial charge in [0.1, 0.15) is 0 Å². The predicted octanol–water partition coefficient (Wildman–Crippen LogP) is 4.39. The van der Waals surface area contributed by atoms with Crippen molar-refractivity contribution in [1.82, 2.24) is 9.88 Å². The molecule has 0 atom stereocenters. The number of hydrogen-bond acceptors (Lipinski definition) is 6. The standard InChI is InChI=1S/C26H26N4O3S2/c1-19-7-6-10-23-24(19)27-26(34-23)30-17-15-29(16-18-30)25(31)20-11-13-22(14-12-20)35(32,33)28(2)21-8-4-3-5-9-21/h3-14H,15-18H2,1-2H3. The Morgan fingerprint density at radius 1 is 0.914 bits per heavy atom. The topological polar surface area (TPSA) is 73.8 Å². The number of anilines is 2. The number of thiazole rings is 1. The SMILES string of the molecule is Cc1cccc2sc(N3CCN(C(=O)c4ccc(S(=O)(=O)N(C)c5ccccc5)cc4)CC3)nc12. The molecule has 0 spiro atoms.